The highest BCUT2D eigenvalue weighted by molar-refractivity contribution is 9.35. The number of fused-ring (bicyclic) bond motifs is 2. The van der Waals surface area contributed by atoms with Gasteiger partial charge in [0, 0.05) is 54.2 Å². The van der Waals surface area contributed by atoms with E-state index in [9.17, 15) is 0 Å². The fourth-order valence-corrected chi connectivity index (χ4v) is 24.3. The molecule has 236 valence electrons. The maximum atomic E-state index is 6.00. The van der Waals surface area contributed by atoms with Crippen molar-refractivity contribution in [2.75, 3.05) is 54.2 Å². The first-order valence-corrected chi connectivity index (χ1v) is 24.6. The normalized spacial score (nSPS) is 15.6. The minimum Gasteiger partial charge on any atom is -0.376 e. The third kappa shape index (κ3) is 7.06. The Hall–Kier alpha value is 0.164. The number of thiazole rings is 2. The lowest BCUT2D eigenvalue weighted by Gasteiger charge is -2.39. The summed E-state index contributed by atoms with van der Waals surface area (Å²) in [5.74, 6) is 1.40. The molecule has 0 bridgehead atoms. The summed E-state index contributed by atoms with van der Waals surface area (Å²) in [5, 5.41) is 0.823. The van der Waals surface area contributed by atoms with Gasteiger partial charge in [0.15, 0.2) is 0 Å². The zero-order chi connectivity index (χ0) is 31.1. The Morgan fingerprint density at radius 3 is 1.26 bits per heavy atom. The van der Waals surface area contributed by atoms with Crippen molar-refractivity contribution < 1.29 is 26.6 Å². The first kappa shape index (κ1) is 36.0. The van der Waals surface area contributed by atoms with E-state index in [4.69, 9.17) is 36.5 Å². The van der Waals surface area contributed by atoms with Crippen molar-refractivity contribution in [2.24, 2.45) is 0 Å². The molecule has 4 aromatic rings. The second-order valence-electron chi connectivity index (χ2n) is 9.70. The minimum atomic E-state index is -3.11. The van der Waals surface area contributed by atoms with E-state index in [1.807, 2.05) is 36.4 Å². The zero-order valence-corrected chi connectivity index (χ0v) is 33.0. The third-order valence-corrected chi connectivity index (χ3v) is 26.6. The lowest BCUT2D eigenvalue weighted by Crippen LogP contribution is -2.61. The van der Waals surface area contributed by atoms with Gasteiger partial charge in [-0.3, -0.25) is 0 Å². The number of para-hydroxylation sites is 2. The molecular weight excluding hydrogens is 717 g/mol. The van der Waals surface area contributed by atoms with Gasteiger partial charge in [-0.25, -0.2) is 9.97 Å². The molecule has 4 rings (SSSR count). The maximum Gasteiger partial charge on any atom is 0.514 e. The lowest BCUT2D eigenvalue weighted by molar-refractivity contribution is 0.0976. The molecule has 2 atom stereocenters. The zero-order valence-electron chi connectivity index (χ0n) is 25.2. The van der Waals surface area contributed by atoms with Gasteiger partial charge in [-0.15, -0.1) is 22.7 Å². The number of nitrogens with zero attached hydrogens (tertiary/aromatic N) is 2. The summed E-state index contributed by atoms with van der Waals surface area (Å²) in [6, 6.07) is 16.3. The minimum absolute atomic E-state index is 0.545. The largest absolute Gasteiger partial charge is 0.514 e. The summed E-state index contributed by atoms with van der Waals surface area (Å²) in [7, 11) is 12.4. The van der Waals surface area contributed by atoms with Crippen molar-refractivity contribution in [1.29, 1.82) is 0 Å². The highest BCUT2D eigenvalue weighted by Gasteiger charge is 2.61. The molecule has 0 fully saturated rings. The summed E-state index contributed by atoms with van der Waals surface area (Å²) >= 11 is 3.34. The molecule has 0 aliphatic rings. The van der Waals surface area contributed by atoms with E-state index < -0.39 is 27.7 Å². The molecule has 17 heteroatoms. The molecule has 0 aliphatic heterocycles. The van der Waals surface area contributed by atoms with E-state index in [-0.39, 0.29) is 0 Å². The van der Waals surface area contributed by atoms with E-state index in [2.05, 4.69) is 26.0 Å². The van der Waals surface area contributed by atoms with Crippen LogP contribution in [0.4, 0.5) is 0 Å². The Bertz CT molecular complexity index is 1280. The molecule has 2 unspecified atom stereocenters. The summed E-state index contributed by atoms with van der Waals surface area (Å²) < 4.78 is 38.3. The predicted octanol–water partition coefficient (Wildman–Crippen LogP) is 8.28. The van der Waals surface area contributed by atoms with Gasteiger partial charge in [-0.1, -0.05) is 45.9 Å². The lowest BCUT2D eigenvalue weighted by atomic mass is 10.2. The van der Waals surface area contributed by atoms with Crippen LogP contribution in [0, 0.1) is 0 Å². The quantitative estimate of drug-likeness (QED) is 0.0556. The van der Waals surface area contributed by atoms with Gasteiger partial charge < -0.3 is 26.6 Å². The molecular formula is C26H36N2O6S7Si2. The standard InChI is InChI=1S/C26H36N2O6S7Si2/c1-25(42(29-3,30-4)31-5,23-27-19-13-9-11-15-21(19)37-23)17-35-39-41-40-36-18-26(2,43(32-6,33-7)34-8)24-28-20-14-10-12-16-22(20)38-24/h9-16H,17-18H2,1-8H3. The number of hydrogen-bond acceptors (Lipinski definition) is 15. The highest BCUT2D eigenvalue weighted by atomic mass is 33.8. The van der Waals surface area contributed by atoms with Crippen LogP contribution in [-0.2, 0) is 36.6 Å². The molecule has 0 aliphatic carbocycles. The summed E-state index contributed by atoms with van der Waals surface area (Å²) in [4.78, 5) is 9.96. The smallest absolute Gasteiger partial charge is 0.376 e. The average molecular weight is 753 g/mol. The Kier molecular flexibility index (Phi) is 13.3. The van der Waals surface area contributed by atoms with Gasteiger partial charge in [0.05, 0.1) is 30.5 Å². The first-order chi connectivity index (χ1) is 20.7. The summed E-state index contributed by atoms with van der Waals surface area (Å²) in [6.07, 6.45) is 0. The molecule has 0 amide bonds. The molecule has 2 aromatic carbocycles. The van der Waals surface area contributed by atoms with Gasteiger partial charge >= 0.3 is 17.6 Å². The van der Waals surface area contributed by atoms with Gasteiger partial charge in [-0.2, -0.15) is 0 Å². The van der Waals surface area contributed by atoms with Crippen LogP contribution in [0.1, 0.15) is 23.9 Å². The molecule has 2 heterocycles. The van der Waals surface area contributed by atoms with E-state index in [1.54, 1.807) is 116 Å². The number of rotatable bonds is 18. The van der Waals surface area contributed by atoms with Crippen molar-refractivity contribution in [3.05, 3.63) is 58.5 Å². The predicted molar refractivity (Wildman–Crippen MR) is 195 cm³/mol. The molecule has 43 heavy (non-hydrogen) atoms. The van der Waals surface area contributed by atoms with Crippen LogP contribution in [0.15, 0.2) is 48.5 Å². The van der Waals surface area contributed by atoms with E-state index in [0.29, 0.717) is 11.5 Å². The van der Waals surface area contributed by atoms with Crippen molar-refractivity contribution >= 4 is 112 Å². The second kappa shape index (κ2) is 15.8. The Morgan fingerprint density at radius 2 is 0.930 bits per heavy atom. The average Bonchev–Trinajstić information content (AvgIpc) is 3.68. The van der Waals surface area contributed by atoms with Crippen LogP contribution in [0.3, 0.4) is 0 Å². The molecule has 8 nitrogen and oxygen atoms in total. The van der Waals surface area contributed by atoms with Crippen molar-refractivity contribution in [1.82, 2.24) is 9.97 Å². The van der Waals surface area contributed by atoms with E-state index in [1.165, 1.54) is 0 Å². The SMILES string of the molecule is CO[Si](OC)(OC)C(C)(CSSSSSCC(C)(c1nc2ccccc2s1)[Si](OC)(OC)OC)c1nc2ccccc2s1. The molecule has 0 saturated heterocycles. The topological polar surface area (TPSA) is 81.2 Å². The van der Waals surface area contributed by atoms with Gasteiger partial charge in [0.25, 0.3) is 0 Å². The Labute approximate surface area is 282 Å². The fourth-order valence-electron chi connectivity index (χ4n) is 4.96. The molecule has 0 spiro atoms. The fraction of sp³-hybridized carbons (Fsp3) is 0.462. The van der Waals surface area contributed by atoms with Crippen LogP contribution in [0.5, 0.6) is 0 Å². The number of aromatic nitrogens is 2. The maximum absolute atomic E-state index is 6.00. The van der Waals surface area contributed by atoms with Crippen LogP contribution >= 0.6 is 73.7 Å². The van der Waals surface area contributed by atoms with E-state index >= 15 is 0 Å². The van der Waals surface area contributed by atoms with E-state index in [0.717, 1.165) is 30.4 Å². The van der Waals surface area contributed by atoms with Crippen molar-refractivity contribution in [3.8, 4) is 0 Å². The molecule has 2 aromatic heterocycles. The summed E-state index contributed by atoms with van der Waals surface area (Å²) in [5.41, 5.74) is 1.94. The van der Waals surface area contributed by atoms with Crippen LogP contribution in [-0.4, -0.2) is 81.7 Å². The third-order valence-electron chi connectivity index (χ3n) is 7.34. The van der Waals surface area contributed by atoms with Crippen LogP contribution < -0.4 is 0 Å². The second-order valence-corrected chi connectivity index (χ2v) is 26.4. The molecule has 0 N–H and O–H groups in total. The van der Waals surface area contributed by atoms with Gasteiger partial charge in [0.2, 0.25) is 0 Å². The Morgan fingerprint density at radius 1 is 0.581 bits per heavy atom. The van der Waals surface area contributed by atoms with Crippen molar-refractivity contribution in [2.45, 2.75) is 23.9 Å². The number of hydrogen-bond donors (Lipinski definition) is 0. The van der Waals surface area contributed by atoms with Gasteiger partial charge in [-0.05, 0) is 67.6 Å². The highest BCUT2D eigenvalue weighted by Crippen LogP contribution is 2.54. The Balaban J connectivity index is 1.43. The molecule has 0 saturated carbocycles. The molecule has 0 radical (unpaired) electrons. The van der Waals surface area contributed by atoms with Crippen molar-refractivity contribution in [3.63, 3.8) is 0 Å². The van der Waals surface area contributed by atoms with Crippen LogP contribution in [0.2, 0.25) is 0 Å². The van der Waals surface area contributed by atoms with Crippen LogP contribution in [0.25, 0.3) is 20.4 Å². The monoisotopic (exact) mass is 752 g/mol. The first-order valence-electron chi connectivity index (χ1n) is 13.0. The number of benzene rings is 2. The van der Waals surface area contributed by atoms with Gasteiger partial charge in [0.1, 0.15) is 10.0 Å². The summed E-state index contributed by atoms with van der Waals surface area (Å²) in [6.45, 7) is 4.28.